The number of carboxylic acid groups (broad SMARTS) is 1. The van der Waals surface area contributed by atoms with Crippen molar-refractivity contribution in [1.82, 2.24) is 15.6 Å². The molecule has 1 aliphatic rings. The molecule has 1 aromatic rings. The maximum atomic E-state index is 12.1. The SMILES string of the molecule is CNC(=O)c1ccc(C(=O)NCC2(C(=O)O)CCOCC2)cn1. The van der Waals surface area contributed by atoms with Gasteiger partial charge in [0.15, 0.2) is 0 Å². The van der Waals surface area contributed by atoms with E-state index in [9.17, 15) is 19.5 Å². The average Bonchev–Trinajstić information content (AvgIpc) is 2.59. The van der Waals surface area contributed by atoms with E-state index in [1.807, 2.05) is 0 Å². The van der Waals surface area contributed by atoms with Crippen molar-refractivity contribution in [3.63, 3.8) is 0 Å². The van der Waals surface area contributed by atoms with Crippen LogP contribution in [0.1, 0.15) is 33.7 Å². The fourth-order valence-corrected chi connectivity index (χ4v) is 2.37. The Morgan fingerprint density at radius 2 is 1.96 bits per heavy atom. The molecule has 0 saturated carbocycles. The van der Waals surface area contributed by atoms with E-state index in [0.717, 1.165) is 0 Å². The van der Waals surface area contributed by atoms with Crippen molar-refractivity contribution in [2.45, 2.75) is 12.8 Å². The Balaban J connectivity index is 2.01. The van der Waals surface area contributed by atoms with Crippen molar-refractivity contribution in [2.75, 3.05) is 26.8 Å². The number of carbonyl (C=O) groups excluding carboxylic acids is 2. The molecule has 124 valence electrons. The second-order valence-corrected chi connectivity index (χ2v) is 5.39. The number of pyridine rings is 1. The number of aromatic nitrogens is 1. The first kappa shape index (κ1) is 16.9. The van der Waals surface area contributed by atoms with Crippen LogP contribution in [0.15, 0.2) is 18.3 Å². The van der Waals surface area contributed by atoms with E-state index >= 15 is 0 Å². The van der Waals surface area contributed by atoms with E-state index < -0.39 is 17.3 Å². The number of aliphatic carboxylic acids is 1. The summed E-state index contributed by atoms with van der Waals surface area (Å²) < 4.78 is 5.19. The third kappa shape index (κ3) is 3.84. The van der Waals surface area contributed by atoms with Gasteiger partial charge in [-0.1, -0.05) is 0 Å². The monoisotopic (exact) mass is 321 g/mol. The molecule has 1 aromatic heterocycles. The number of nitrogens with zero attached hydrogens (tertiary/aromatic N) is 1. The average molecular weight is 321 g/mol. The first-order valence-electron chi connectivity index (χ1n) is 7.26. The normalized spacial score (nSPS) is 16.4. The molecule has 0 aliphatic carbocycles. The zero-order valence-electron chi connectivity index (χ0n) is 12.8. The second kappa shape index (κ2) is 7.19. The topological polar surface area (TPSA) is 118 Å². The van der Waals surface area contributed by atoms with Gasteiger partial charge in [0, 0.05) is 33.0 Å². The van der Waals surface area contributed by atoms with E-state index in [1.54, 1.807) is 0 Å². The molecule has 3 N–H and O–H groups in total. The highest BCUT2D eigenvalue weighted by Gasteiger charge is 2.40. The quantitative estimate of drug-likeness (QED) is 0.705. The number of ether oxygens (including phenoxy) is 1. The number of carbonyl (C=O) groups is 3. The van der Waals surface area contributed by atoms with Gasteiger partial charge in [0.05, 0.1) is 11.0 Å². The van der Waals surface area contributed by atoms with Crippen molar-refractivity contribution >= 4 is 17.8 Å². The van der Waals surface area contributed by atoms with Crippen LogP contribution in [0.2, 0.25) is 0 Å². The Labute approximate surface area is 133 Å². The molecule has 2 amide bonds. The Hall–Kier alpha value is -2.48. The van der Waals surface area contributed by atoms with E-state index in [2.05, 4.69) is 15.6 Å². The van der Waals surface area contributed by atoms with Crippen molar-refractivity contribution in [2.24, 2.45) is 5.41 Å². The Bertz CT molecular complexity index is 594. The Morgan fingerprint density at radius 1 is 1.26 bits per heavy atom. The van der Waals surface area contributed by atoms with Crippen LogP contribution in [0.5, 0.6) is 0 Å². The van der Waals surface area contributed by atoms with Gasteiger partial charge in [0.25, 0.3) is 11.8 Å². The molecule has 0 atom stereocenters. The second-order valence-electron chi connectivity index (χ2n) is 5.39. The molecule has 2 rings (SSSR count). The third-order valence-electron chi connectivity index (χ3n) is 3.98. The Morgan fingerprint density at radius 3 is 2.48 bits per heavy atom. The van der Waals surface area contributed by atoms with Gasteiger partial charge in [-0.05, 0) is 25.0 Å². The molecule has 0 spiro atoms. The zero-order valence-corrected chi connectivity index (χ0v) is 12.8. The Kier molecular flexibility index (Phi) is 5.28. The van der Waals surface area contributed by atoms with E-state index in [4.69, 9.17) is 4.74 Å². The minimum atomic E-state index is -0.997. The molecular formula is C15H19N3O5. The maximum absolute atomic E-state index is 12.1. The van der Waals surface area contributed by atoms with Gasteiger partial charge in [-0.2, -0.15) is 0 Å². The van der Waals surface area contributed by atoms with Crippen LogP contribution in [0, 0.1) is 5.41 Å². The molecule has 0 aromatic carbocycles. The number of hydrogen-bond acceptors (Lipinski definition) is 5. The van der Waals surface area contributed by atoms with Crippen LogP contribution in [0.3, 0.4) is 0 Å². The molecule has 23 heavy (non-hydrogen) atoms. The summed E-state index contributed by atoms with van der Waals surface area (Å²) in [6.45, 7) is 0.761. The molecule has 2 heterocycles. The molecule has 1 fully saturated rings. The van der Waals surface area contributed by atoms with Crippen molar-refractivity contribution in [3.05, 3.63) is 29.6 Å². The van der Waals surface area contributed by atoms with Gasteiger partial charge in [-0.3, -0.25) is 19.4 Å². The summed E-state index contributed by atoms with van der Waals surface area (Å²) in [7, 11) is 1.49. The van der Waals surface area contributed by atoms with Gasteiger partial charge in [0.2, 0.25) is 0 Å². The van der Waals surface area contributed by atoms with Crippen LogP contribution >= 0.6 is 0 Å². The lowest BCUT2D eigenvalue weighted by Gasteiger charge is -2.33. The lowest BCUT2D eigenvalue weighted by molar-refractivity contribution is -0.154. The molecule has 0 unspecified atom stereocenters. The summed E-state index contributed by atoms with van der Waals surface area (Å²) in [6.07, 6.45) is 2.00. The number of rotatable bonds is 5. The predicted octanol–water partition coefficient (Wildman–Crippen LogP) is 0.0524. The van der Waals surface area contributed by atoms with E-state index in [-0.39, 0.29) is 23.7 Å². The van der Waals surface area contributed by atoms with Crippen LogP contribution in [-0.4, -0.2) is 54.7 Å². The maximum Gasteiger partial charge on any atom is 0.311 e. The van der Waals surface area contributed by atoms with Crippen LogP contribution in [0.25, 0.3) is 0 Å². The standard InChI is InChI=1S/C15H19N3O5/c1-16-13(20)11-3-2-10(8-17-11)12(19)18-9-15(14(21)22)4-6-23-7-5-15/h2-3,8H,4-7,9H2,1H3,(H,16,20)(H,18,19)(H,21,22). The van der Waals surface area contributed by atoms with Gasteiger partial charge in [-0.25, -0.2) is 0 Å². The highest BCUT2D eigenvalue weighted by atomic mass is 16.5. The van der Waals surface area contributed by atoms with Crippen LogP contribution in [-0.2, 0) is 9.53 Å². The number of hydrogen-bond donors (Lipinski definition) is 3. The van der Waals surface area contributed by atoms with E-state index in [1.165, 1.54) is 25.4 Å². The summed E-state index contributed by atoms with van der Waals surface area (Å²) in [5.74, 6) is -1.70. The zero-order chi connectivity index (χ0) is 16.9. The number of nitrogens with one attached hydrogen (secondary N) is 2. The summed E-state index contributed by atoms with van der Waals surface area (Å²) in [4.78, 5) is 38.9. The van der Waals surface area contributed by atoms with E-state index in [0.29, 0.717) is 26.1 Å². The largest absolute Gasteiger partial charge is 0.481 e. The molecular weight excluding hydrogens is 302 g/mol. The molecule has 0 bridgehead atoms. The first-order valence-corrected chi connectivity index (χ1v) is 7.26. The summed E-state index contributed by atoms with van der Waals surface area (Å²) in [6, 6.07) is 2.92. The fourth-order valence-electron chi connectivity index (χ4n) is 2.37. The first-order chi connectivity index (χ1) is 11.0. The van der Waals surface area contributed by atoms with Crippen molar-refractivity contribution in [3.8, 4) is 0 Å². The molecule has 0 radical (unpaired) electrons. The lowest BCUT2D eigenvalue weighted by atomic mass is 9.80. The van der Waals surface area contributed by atoms with Crippen molar-refractivity contribution < 1.29 is 24.2 Å². The fraction of sp³-hybridized carbons (Fsp3) is 0.467. The van der Waals surface area contributed by atoms with Gasteiger partial charge < -0.3 is 20.5 Å². The molecule has 8 nitrogen and oxygen atoms in total. The highest BCUT2D eigenvalue weighted by molar-refractivity contribution is 5.96. The minimum Gasteiger partial charge on any atom is -0.481 e. The molecule has 1 aliphatic heterocycles. The van der Waals surface area contributed by atoms with Crippen LogP contribution in [0.4, 0.5) is 0 Å². The summed E-state index contributed by atoms with van der Waals surface area (Å²) in [5, 5.41) is 14.5. The van der Waals surface area contributed by atoms with Gasteiger partial charge in [-0.15, -0.1) is 0 Å². The lowest BCUT2D eigenvalue weighted by Crippen LogP contribution is -2.46. The predicted molar refractivity (Wildman–Crippen MR) is 80.1 cm³/mol. The minimum absolute atomic E-state index is 0.0295. The summed E-state index contributed by atoms with van der Waals surface area (Å²) >= 11 is 0. The number of carboxylic acids is 1. The van der Waals surface area contributed by atoms with Gasteiger partial charge in [0.1, 0.15) is 5.69 Å². The van der Waals surface area contributed by atoms with Crippen LogP contribution < -0.4 is 10.6 Å². The smallest absolute Gasteiger partial charge is 0.311 e. The summed E-state index contributed by atoms with van der Waals surface area (Å²) in [5.41, 5.74) is -0.524. The number of amides is 2. The highest BCUT2D eigenvalue weighted by Crippen LogP contribution is 2.30. The third-order valence-corrected chi connectivity index (χ3v) is 3.98. The van der Waals surface area contributed by atoms with Gasteiger partial charge >= 0.3 is 5.97 Å². The molecule has 1 saturated heterocycles. The van der Waals surface area contributed by atoms with Crippen molar-refractivity contribution in [1.29, 1.82) is 0 Å². The molecule has 8 heteroatoms.